The van der Waals surface area contributed by atoms with Crippen molar-refractivity contribution in [3.05, 3.63) is 0 Å². The van der Waals surface area contributed by atoms with E-state index in [1.165, 1.54) is 0 Å². The molecule has 0 amide bonds. The maximum Gasteiger partial charge on any atom is 0.133 e. The summed E-state index contributed by atoms with van der Waals surface area (Å²) < 4.78 is 0. The van der Waals surface area contributed by atoms with Gasteiger partial charge in [-0.3, -0.25) is 9.69 Å². The summed E-state index contributed by atoms with van der Waals surface area (Å²) in [6, 6.07) is 0. The van der Waals surface area contributed by atoms with Gasteiger partial charge in [-0.2, -0.15) is 0 Å². The molecular formula is C12H23NO. The fraction of sp³-hybridized carbons (Fsp3) is 0.917. The van der Waals surface area contributed by atoms with Gasteiger partial charge in [0.15, 0.2) is 0 Å². The minimum absolute atomic E-state index is 0.137. The van der Waals surface area contributed by atoms with Gasteiger partial charge < -0.3 is 0 Å². The number of ketones is 1. The fourth-order valence-corrected chi connectivity index (χ4v) is 2.66. The van der Waals surface area contributed by atoms with E-state index in [0.717, 1.165) is 12.8 Å². The van der Waals surface area contributed by atoms with Gasteiger partial charge in [0.1, 0.15) is 5.78 Å². The fourth-order valence-electron chi connectivity index (χ4n) is 2.66. The van der Waals surface area contributed by atoms with E-state index >= 15 is 0 Å². The Balaban J connectivity index is 2.91. The summed E-state index contributed by atoms with van der Waals surface area (Å²) in [5, 5.41) is 0. The summed E-state index contributed by atoms with van der Waals surface area (Å²) in [5.41, 5.74) is 0.274. The molecule has 1 saturated heterocycles. The van der Waals surface area contributed by atoms with Gasteiger partial charge in [-0.15, -0.1) is 0 Å². The van der Waals surface area contributed by atoms with Crippen molar-refractivity contribution in [2.24, 2.45) is 5.92 Å². The summed E-state index contributed by atoms with van der Waals surface area (Å²) in [7, 11) is 2.16. The zero-order valence-corrected chi connectivity index (χ0v) is 10.3. The van der Waals surface area contributed by atoms with Crippen LogP contribution in [0.15, 0.2) is 0 Å². The number of nitrogens with zero attached hydrogens (tertiary/aromatic N) is 1. The molecular weight excluding hydrogens is 174 g/mol. The topological polar surface area (TPSA) is 20.3 Å². The van der Waals surface area contributed by atoms with E-state index in [4.69, 9.17) is 0 Å². The highest BCUT2D eigenvalue weighted by molar-refractivity contribution is 5.78. The van der Waals surface area contributed by atoms with Crippen molar-refractivity contribution in [2.75, 3.05) is 7.05 Å². The Hall–Kier alpha value is -0.370. The number of hydrogen-bond donors (Lipinski definition) is 0. The van der Waals surface area contributed by atoms with Gasteiger partial charge in [-0.25, -0.2) is 0 Å². The van der Waals surface area contributed by atoms with Crippen molar-refractivity contribution < 1.29 is 4.79 Å². The predicted molar refractivity (Wildman–Crippen MR) is 59.3 cm³/mol. The second-order valence-corrected chi connectivity index (χ2v) is 5.90. The zero-order chi connectivity index (χ0) is 11.1. The molecule has 0 atom stereocenters. The largest absolute Gasteiger partial charge is 0.300 e. The van der Waals surface area contributed by atoms with E-state index in [-0.39, 0.29) is 17.0 Å². The molecule has 0 aromatic heterocycles. The molecule has 0 unspecified atom stereocenters. The van der Waals surface area contributed by atoms with Gasteiger partial charge in [0, 0.05) is 17.0 Å². The van der Waals surface area contributed by atoms with Crippen molar-refractivity contribution in [1.82, 2.24) is 4.90 Å². The van der Waals surface area contributed by atoms with E-state index in [1.54, 1.807) is 6.92 Å². The molecule has 14 heavy (non-hydrogen) atoms. The number of carbonyl (C=O) groups is 1. The standard InChI is InChI=1S/C12H23NO/c1-9(14)10-7-11(2,3)13(6)12(4,5)8-10/h10H,7-8H2,1-6H3. The maximum absolute atomic E-state index is 11.5. The average Bonchev–Trinajstić information content (AvgIpc) is 1.98. The van der Waals surface area contributed by atoms with Gasteiger partial charge in [-0.05, 0) is 54.5 Å². The van der Waals surface area contributed by atoms with E-state index in [0.29, 0.717) is 5.78 Å². The minimum atomic E-state index is 0.137. The Morgan fingerprint density at radius 1 is 1.14 bits per heavy atom. The number of likely N-dealkylation sites (tertiary alicyclic amines) is 1. The Bertz CT molecular complexity index is 225. The molecule has 0 radical (unpaired) electrons. The molecule has 2 nitrogen and oxygen atoms in total. The monoisotopic (exact) mass is 197 g/mol. The SMILES string of the molecule is CC(=O)C1CC(C)(C)N(C)C(C)(C)C1. The molecule has 2 heteroatoms. The highest BCUT2D eigenvalue weighted by Gasteiger charge is 2.44. The van der Waals surface area contributed by atoms with Gasteiger partial charge in [-0.1, -0.05) is 0 Å². The summed E-state index contributed by atoms with van der Waals surface area (Å²) >= 11 is 0. The Kier molecular flexibility index (Phi) is 2.79. The zero-order valence-electron chi connectivity index (χ0n) is 10.3. The molecule has 1 fully saturated rings. The molecule has 0 N–H and O–H groups in total. The third-order valence-electron chi connectivity index (χ3n) is 3.88. The molecule has 1 heterocycles. The molecule has 1 aliphatic rings. The highest BCUT2D eigenvalue weighted by Crippen LogP contribution is 2.40. The Morgan fingerprint density at radius 3 is 1.79 bits per heavy atom. The van der Waals surface area contributed by atoms with Crippen molar-refractivity contribution in [2.45, 2.75) is 58.5 Å². The number of carbonyl (C=O) groups excluding carboxylic acids is 1. The number of hydrogen-bond acceptors (Lipinski definition) is 2. The lowest BCUT2D eigenvalue weighted by Crippen LogP contribution is -2.59. The highest BCUT2D eigenvalue weighted by atomic mass is 16.1. The minimum Gasteiger partial charge on any atom is -0.300 e. The van der Waals surface area contributed by atoms with Crippen LogP contribution in [0.3, 0.4) is 0 Å². The van der Waals surface area contributed by atoms with Crippen LogP contribution in [0.2, 0.25) is 0 Å². The predicted octanol–water partition coefficient (Wildman–Crippen LogP) is 2.47. The summed E-state index contributed by atoms with van der Waals surface area (Å²) in [6.07, 6.45) is 1.98. The van der Waals surface area contributed by atoms with E-state index < -0.39 is 0 Å². The van der Waals surface area contributed by atoms with Crippen molar-refractivity contribution in [3.63, 3.8) is 0 Å². The van der Waals surface area contributed by atoms with Crippen LogP contribution < -0.4 is 0 Å². The molecule has 0 aromatic rings. The van der Waals surface area contributed by atoms with Crippen LogP contribution in [0.4, 0.5) is 0 Å². The quantitative estimate of drug-likeness (QED) is 0.643. The van der Waals surface area contributed by atoms with Crippen molar-refractivity contribution in [3.8, 4) is 0 Å². The summed E-state index contributed by atoms with van der Waals surface area (Å²) in [6.45, 7) is 10.6. The lowest BCUT2D eigenvalue weighted by molar-refractivity contribution is -0.127. The van der Waals surface area contributed by atoms with Crippen LogP contribution in [0.25, 0.3) is 0 Å². The lowest BCUT2D eigenvalue weighted by Gasteiger charge is -2.53. The maximum atomic E-state index is 11.5. The number of Topliss-reactive ketones (excluding diaryl/α,β-unsaturated/α-hetero) is 1. The first kappa shape index (κ1) is 11.7. The lowest BCUT2D eigenvalue weighted by atomic mass is 9.73. The Morgan fingerprint density at radius 2 is 1.50 bits per heavy atom. The van der Waals surface area contributed by atoms with Crippen LogP contribution in [-0.4, -0.2) is 28.8 Å². The molecule has 0 bridgehead atoms. The molecule has 0 aromatic carbocycles. The molecule has 1 aliphatic heterocycles. The van der Waals surface area contributed by atoms with Gasteiger partial charge in [0.2, 0.25) is 0 Å². The molecule has 0 spiro atoms. The average molecular weight is 197 g/mol. The first-order valence-corrected chi connectivity index (χ1v) is 5.41. The van der Waals surface area contributed by atoms with Crippen LogP contribution in [-0.2, 0) is 4.79 Å². The van der Waals surface area contributed by atoms with E-state index in [9.17, 15) is 4.79 Å². The van der Waals surface area contributed by atoms with Gasteiger partial charge in [0.05, 0.1) is 0 Å². The van der Waals surface area contributed by atoms with Gasteiger partial charge >= 0.3 is 0 Å². The van der Waals surface area contributed by atoms with E-state index in [2.05, 4.69) is 39.6 Å². The summed E-state index contributed by atoms with van der Waals surface area (Å²) in [4.78, 5) is 13.9. The first-order chi connectivity index (χ1) is 6.17. The second-order valence-electron chi connectivity index (χ2n) is 5.90. The smallest absolute Gasteiger partial charge is 0.133 e. The third kappa shape index (κ3) is 2.00. The third-order valence-corrected chi connectivity index (χ3v) is 3.88. The van der Waals surface area contributed by atoms with Crippen molar-refractivity contribution >= 4 is 5.78 Å². The van der Waals surface area contributed by atoms with Crippen LogP contribution in [0.1, 0.15) is 47.5 Å². The van der Waals surface area contributed by atoms with E-state index in [1.807, 2.05) is 0 Å². The van der Waals surface area contributed by atoms with Crippen molar-refractivity contribution in [1.29, 1.82) is 0 Å². The number of rotatable bonds is 1. The van der Waals surface area contributed by atoms with Gasteiger partial charge in [0.25, 0.3) is 0 Å². The summed E-state index contributed by atoms with van der Waals surface area (Å²) in [5.74, 6) is 0.593. The van der Waals surface area contributed by atoms with Crippen LogP contribution >= 0.6 is 0 Å². The second kappa shape index (κ2) is 3.34. The Labute approximate surface area is 87.7 Å². The van der Waals surface area contributed by atoms with Crippen LogP contribution in [0.5, 0.6) is 0 Å². The first-order valence-electron chi connectivity index (χ1n) is 5.41. The number of piperidine rings is 1. The molecule has 0 saturated carbocycles. The van der Waals surface area contributed by atoms with Crippen LogP contribution in [0, 0.1) is 5.92 Å². The molecule has 82 valence electrons. The normalized spacial score (nSPS) is 27.6. The molecule has 0 aliphatic carbocycles. The molecule has 1 rings (SSSR count).